The van der Waals surface area contributed by atoms with E-state index in [1.165, 1.54) is 0 Å². The summed E-state index contributed by atoms with van der Waals surface area (Å²) in [6.45, 7) is 4.64. The number of nitrogen functional groups attached to an aromatic ring is 1. The minimum Gasteiger partial charge on any atom is -0.466 e. The molecular weight excluding hydrogens is 378 g/mol. The van der Waals surface area contributed by atoms with E-state index < -0.39 is 0 Å². The molecule has 30 heavy (non-hydrogen) atoms. The van der Waals surface area contributed by atoms with Gasteiger partial charge in [-0.2, -0.15) is 0 Å². The van der Waals surface area contributed by atoms with Crippen molar-refractivity contribution in [3.63, 3.8) is 0 Å². The van der Waals surface area contributed by atoms with Crippen molar-refractivity contribution in [1.29, 1.82) is 0 Å². The van der Waals surface area contributed by atoms with Gasteiger partial charge in [-0.05, 0) is 23.1 Å². The van der Waals surface area contributed by atoms with Crippen LogP contribution in [0.1, 0.15) is 49.5 Å². The fraction of sp³-hybridized carbons (Fsp3) is 0.292. The van der Waals surface area contributed by atoms with Crippen LogP contribution in [0.2, 0.25) is 0 Å². The normalized spacial score (nSPS) is 19.8. The summed E-state index contributed by atoms with van der Waals surface area (Å²) in [6.07, 6.45) is 4.48. The number of ketones is 1. The lowest BCUT2D eigenvalue weighted by Crippen LogP contribution is -2.41. The van der Waals surface area contributed by atoms with E-state index in [0.29, 0.717) is 42.4 Å². The summed E-state index contributed by atoms with van der Waals surface area (Å²) in [5, 5.41) is 0. The van der Waals surface area contributed by atoms with Gasteiger partial charge in [0.05, 0.1) is 12.2 Å². The second-order valence-electron chi connectivity index (χ2n) is 8.78. The molecule has 3 aromatic rings. The molecule has 5 rings (SSSR count). The third kappa shape index (κ3) is 3.09. The van der Waals surface area contributed by atoms with E-state index in [0.717, 1.165) is 16.9 Å². The van der Waals surface area contributed by atoms with Gasteiger partial charge >= 0.3 is 5.88 Å². The van der Waals surface area contributed by atoms with Gasteiger partial charge in [0, 0.05) is 18.4 Å². The van der Waals surface area contributed by atoms with Crippen molar-refractivity contribution in [2.24, 2.45) is 5.41 Å². The molecule has 0 saturated carbocycles. The molecule has 0 bridgehead atoms. The molecule has 152 valence electrons. The number of carbonyl (C=O) groups is 1. The summed E-state index contributed by atoms with van der Waals surface area (Å²) in [5.74, 6) is 2.30. The summed E-state index contributed by atoms with van der Waals surface area (Å²) in [7, 11) is 0. The number of carbonyl (C=O) groups excluding carboxylic acids is 1. The van der Waals surface area contributed by atoms with Gasteiger partial charge in [-0.1, -0.05) is 49.2 Å². The number of hydrogen-bond acceptors (Lipinski definition) is 5. The van der Waals surface area contributed by atoms with Crippen LogP contribution in [0.25, 0.3) is 0 Å². The summed E-state index contributed by atoms with van der Waals surface area (Å²) in [6, 6.07) is 13.7. The SMILES string of the molecule is CC1(C)CC(=O)C2=C(C1)Oc1nc[n+](Cc3ccco3)c(N)c1[C@@H]2c1ccccc1. The Balaban J connectivity index is 1.69. The molecule has 3 heterocycles. The fourth-order valence-corrected chi connectivity index (χ4v) is 4.50. The Kier molecular flexibility index (Phi) is 4.24. The van der Waals surface area contributed by atoms with Crippen LogP contribution in [0, 0.1) is 5.41 Å². The van der Waals surface area contributed by atoms with Crippen molar-refractivity contribution in [2.45, 2.75) is 39.2 Å². The van der Waals surface area contributed by atoms with Gasteiger partial charge < -0.3 is 14.9 Å². The minimum atomic E-state index is -0.301. The first kappa shape index (κ1) is 18.6. The molecular formula is C24H24N3O3+. The Morgan fingerprint density at radius 2 is 1.97 bits per heavy atom. The van der Waals surface area contributed by atoms with Crippen LogP contribution in [0.3, 0.4) is 0 Å². The predicted molar refractivity (Wildman–Crippen MR) is 111 cm³/mol. The monoisotopic (exact) mass is 402 g/mol. The summed E-state index contributed by atoms with van der Waals surface area (Å²) in [5.41, 5.74) is 8.94. The molecule has 0 saturated heterocycles. The van der Waals surface area contributed by atoms with Gasteiger partial charge in [0.25, 0.3) is 0 Å². The highest BCUT2D eigenvalue weighted by Gasteiger charge is 2.45. The van der Waals surface area contributed by atoms with Crippen LogP contribution in [0.5, 0.6) is 5.88 Å². The first-order valence-electron chi connectivity index (χ1n) is 10.1. The van der Waals surface area contributed by atoms with Crippen LogP contribution < -0.4 is 15.0 Å². The molecule has 6 heteroatoms. The van der Waals surface area contributed by atoms with E-state index >= 15 is 0 Å². The standard InChI is InChI=1S/C24H23N3O3/c1-24(2)11-17(28)20-18(12-24)30-23-21(19(20)15-7-4-3-5-8-15)22(25)27(14-26-23)13-16-9-6-10-29-16/h3-10,14,19,25H,11-13H2,1-2H3/p+1/t19-/m1/s1. The second-order valence-corrected chi connectivity index (χ2v) is 8.78. The molecule has 2 aromatic heterocycles. The number of allylic oxidation sites excluding steroid dienone is 2. The first-order valence-corrected chi connectivity index (χ1v) is 10.1. The number of fused-ring (bicyclic) bond motifs is 1. The van der Waals surface area contributed by atoms with Gasteiger partial charge in [-0.15, -0.1) is 0 Å². The van der Waals surface area contributed by atoms with Gasteiger partial charge in [-0.3, -0.25) is 4.79 Å². The van der Waals surface area contributed by atoms with Crippen molar-refractivity contribution < 1.29 is 18.5 Å². The fourth-order valence-electron chi connectivity index (χ4n) is 4.50. The van der Waals surface area contributed by atoms with E-state index in [9.17, 15) is 4.79 Å². The molecule has 2 aliphatic rings. The summed E-state index contributed by atoms with van der Waals surface area (Å²) < 4.78 is 13.5. The molecule has 0 radical (unpaired) electrons. The van der Waals surface area contributed by atoms with E-state index in [2.05, 4.69) is 18.8 Å². The molecule has 2 N–H and O–H groups in total. The Morgan fingerprint density at radius 3 is 2.70 bits per heavy atom. The lowest BCUT2D eigenvalue weighted by molar-refractivity contribution is -0.679. The molecule has 0 fully saturated rings. The molecule has 0 amide bonds. The maximum absolute atomic E-state index is 13.3. The topological polar surface area (TPSA) is 82.2 Å². The van der Waals surface area contributed by atoms with Crippen molar-refractivity contribution in [3.8, 4) is 5.88 Å². The van der Waals surface area contributed by atoms with Gasteiger partial charge in [0.1, 0.15) is 23.6 Å². The van der Waals surface area contributed by atoms with Crippen LogP contribution in [-0.4, -0.2) is 10.8 Å². The quantitative estimate of drug-likeness (QED) is 0.675. The molecule has 1 aliphatic heterocycles. The Bertz CT molecular complexity index is 1150. The number of Topliss-reactive ketones (excluding diaryl/α,β-unsaturated/α-hetero) is 1. The van der Waals surface area contributed by atoms with E-state index in [-0.39, 0.29) is 17.1 Å². The van der Waals surface area contributed by atoms with Crippen LogP contribution >= 0.6 is 0 Å². The maximum atomic E-state index is 13.3. The van der Waals surface area contributed by atoms with Crippen LogP contribution in [0.15, 0.2) is 70.8 Å². The number of rotatable bonds is 3. The highest BCUT2D eigenvalue weighted by molar-refractivity contribution is 6.00. The van der Waals surface area contributed by atoms with Gasteiger partial charge in [0.2, 0.25) is 12.1 Å². The maximum Gasteiger partial charge on any atom is 0.305 e. The smallest absolute Gasteiger partial charge is 0.305 e. The van der Waals surface area contributed by atoms with Crippen molar-refractivity contribution in [1.82, 2.24) is 4.98 Å². The second kappa shape index (κ2) is 6.83. The zero-order chi connectivity index (χ0) is 20.9. The molecule has 1 atom stereocenters. The number of anilines is 1. The molecule has 0 unspecified atom stereocenters. The largest absolute Gasteiger partial charge is 0.466 e. The molecule has 0 spiro atoms. The first-order chi connectivity index (χ1) is 14.4. The number of nitrogens with zero attached hydrogens (tertiary/aromatic N) is 2. The Morgan fingerprint density at radius 1 is 1.17 bits per heavy atom. The average Bonchev–Trinajstić information content (AvgIpc) is 3.21. The number of furan rings is 1. The third-order valence-electron chi connectivity index (χ3n) is 5.85. The number of benzene rings is 1. The summed E-state index contributed by atoms with van der Waals surface area (Å²) in [4.78, 5) is 17.8. The number of aromatic nitrogens is 2. The van der Waals surface area contributed by atoms with Crippen molar-refractivity contribution in [3.05, 3.63) is 83.3 Å². The average molecular weight is 402 g/mol. The Labute approximate surface area is 175 Å². The summed E-state index contributed by atoms with van der Waals surface area (Å²) >= 11 is 0. The van der Waals surface area contributed by atoms with Crippen LogP contribution in [0.4, 0.5) is 5.82 Å². The molecule has 6 nitrogen and oxygen atoms in total. The van der Waals surface area contributed by atoms with Crippen LogP contribution in [-0.2, 0) is 11.3 Å². The minimum absolute atomic E-state index is 0.113. The Hall–Kier alpha value is -3.41. The van der Waals surface area contributed by atoms with Gasteiger partial charge in [0.15, 0.2) is 5.78 Å². The number of nitrogens with two attached hydrogens (primary N) is 1. The molecule has 1 aliphatic carbocycles. The number of hydrogen-bond donors (Lipinski definition) is 1. The highest BCUT2D eigenvalue weighted by atomic mass is 16.5. The predicted octanol–water partition coefficient (Wildman–Crippen LogP) is 3.76. The van der Waals surface area contributed by atoms with E-state index in [4.69, 9.17) is 14.9 Å². The van der Waals surface area contributed by atoms with Crippen molar-refractivity contribution in [2.75, 3.05) is 5.73 Å². The van der Waals surface area contributed by atoms with Crippen molar-refractivity contribution >= 4 is 11.6 Å². The van der Waals surface area contributed by atoms with Gasteiger partial charge in [-0.25, -0.2) is 4.57 Å². The zero-order valence-corrected chi connectivity index (χ0v) is 17.1. The van der Waals surface area contributed by atoms with E-state index in [1.54, 1.807) is 12.6 Å². The third-order valence-corrected chi connectivity index (χ3v) is 5.85. The zero-order valence-electron chi connectivity index (χ0n) is 17.1. The van der Waals surface area contributed by atoms with E-state index in [1.807, 2.05) is 47.0 Å². The lowest BCUT2D eigenvalue weighted by Gasteiger charge is -2.37. The highest BCUT2D eigenvalue weighted by Crippen LogP contribution is 2.50. The molecule has 1 aromatic carbocycles. The lowest BCUT2D eigenvalue weighted by atomic mass is 9.70. The number of ether oxygens (including phenoxy) is 1.